The summed E-state index contributed by atoms with van der Waals surface area (Å²) in [6, 6.07) is 21.6. The van der Waals surface area contributed by atoms with Crippen LogP contribution in [0, 0.1) is 0 Å². The number of azo groups is 2. The third-order valence-corrected chi connectivity index (χ3v) is 20.1. The maximum atomic E-state index is 13.8. The summed E-state index contributed by atoms with van der Waals surface area (Å²) in [5.74, 6) is -0.594. The van der Waals surface area contributed by atoms with E-state index in [9.17, 15) is 45.1 Å². The molecule has 32 heteroatoms. The van der Waals surface area contributed by atoms with Crippen LogP contribution in [-0.2, 0) is 39.4 Å². The molecule has 27 nitrogen and oxygen atoms in total. The Morgan fingerprint density at radius 3 is 1.34 bits per heavy atom. The number of benzene rings is 4. The second-order valence-electron chi connectivity index (χ2n) is 22.5. The fourth-order valence-corrected chi connectivity index (χ4v) is 14.3. The molecule has 97 heavy (non-hydrogen) atoms. The van der Waals surface area contributed by atoms with E-state index in [1.54, 1.807) is 0 Å². The van der Waals surface area contributed by atoms with Crippen molar-refractivity contribution in [2.45, 2.75) is 115 Å². The first-order valence-corrected chi connectivity index (χ1v) is 37.3. The van der Waals surface area contributed by atoms with Crippen molar-refractivity contribution in [3.63, 3.8) is 0 Å². The minimum absolute atomic E-state index is 0.0507. The number of hydrogen-bond donors (Lipinski definition) is 6. The van der Waals surface area contributed by atoms with Gasteiger partial charge in [0.15, 0.2) is 16.7 Å². The summed E-state index contributed by atoms with van der Waals surface area (Å²) in [6.07, 6.45) is 10.4. The van der Waals surface area contributed by atoms with Crippen molar-refractivity contribution in [2.75, 3.05) is 99.0 Å². The molecule has 2 amide bonds. The van der Waals surface area contributed by atoms with E-state index in [-0.39, 0.29) is 44.7 Å². The number of thiazole rings is 2. The highest BCUT2D eigenvalue weighted by Gasteiger charge is 2.26. The minimum Gasteiger partial charge on any atom is -0.372 e. The summed E-state index contributed by atoms with van der Waals surface area (Å²) in [7, 11) is -9.16. The van der Waals surface area contributed by atoms with Gasteiger partial charge in [-0.3, -0.25) is 28.3 Å². The van der Waals surface area contributed by atoms with Crippen LogP contribution in [0.3, 0.4) is 0 Å². The molecule has 2 fully saturated rings. The summed E-state index contributed by atoms with van der Waals surface area (Å²) in [4.78, 5) is 87.3. The Bertz CT molecular complexity index is 4120. The van der Waals surface area contributed by atoms with Crippen LogP contribution in [0.5, 0.6) is 0 Å². The van der Waals surface area contributed by atoms with Crippen LogP contribution < -0.4 is 40.9 Å². The number of amides is 2. The third kappa shape index (κ3) is 19.4. The van der Waals surface area contributed by atoms with Crippen LogP contribution in [0.2, 0.25) is 0 Å². The van der Waals surface area contributed by atoms with Crippen molar-refractivity contribution in [3.05, 3.63) is 106 Å². The molecule has 0 spiro atoms. The van der Waals surface area contributed by atoms with E-state index in [1.165, 1.54) is 74.2 Å². The first-order valence-electron chi connectivity index (χ1n) is 31.8. The van der Waals surface area contributed by atoms with E-state index in [1.807, 2.05) is 36.4 Å². The Morgan fingerprint density at radius 2 is 0.969 bits per heavy atom. The quantitative estimate of drug-likeness (QED) is 0.00463. The van der Waals surface area contributed by atoms with Gasteiger partial charge in [-0.05, 0) is 171 Å². The van der Waals surface area contributed by atoms with Crippen LogP contribution >= 0.6 is 34.4 Å². The number of ketones is 2. The van der Waals surface area contributed by atoms with Crippen LogP contribution in [0.15, 0.2) is 131 Å². The molecule has 512 valence electrons. The first-order chi connectivity index (χ1) is 46.5. The van der Waals surface area contributed by atoms with Gasteiger partial charge < -0.3 is 40.9 Å². The van der Waals surface area contributed by atoms with Crippen LogP contribution in [0.25, 0.3) is 12.2 Å². The van der Waals surface area contributed by atoms with Crippen LogP contribution in [0.4, 0.5) is 79.3 Å². The molecule has 2 saturated heterocycles. The van der Waals surface area contributed by atoms with Crippen molar-refractivity contribution < 1.29 is 45.1 Å². The lowest BCUT2D eigenvalue weighted by atomic mass is 10.1. The van der Waals surface area contributed by atoms with Crippen LogP contribution in [-0.4, -0.2) is 132 Å². The van der Waals surface area contributed by atoms with Crippen molar-refractivity contribution in [3.8, 4) is 0 Å². The zero-order valence-electron chi connectivity index (χ0n) is 54.8. The molecular weight excluding hydrogens is 1340 g/mol. The molecule has 7 aromatic rings. The van der Waals surface area contributed by atoms with Crippen molar-refractivity contribution in [1.82, 2.24) is 24.9 Å². The molecule has 3 aromatic heterocycles. The highest BCUT2D eigenvalue weighted by atomic mass is 32.2. The number of nitrogens with zero attached hydrogens (tertiary/aromatic N) is 13. The first kappa shape index (κ1) is 72.4. The number of piperidine rings is 2. The largest absolute Gasteiger partial charge is 0.372 e. The number of aromatic nitrogens is 5. The molecule has 4 aromatic carbocycles. The van der Waals surface area contributed by atoms with Gasteiger partial charge in [-0.1, -0.05) is 59.9 Å². The molecule has 2 aliphatic heterocycles. The third-order valence-electron chi connectivity index (χ3n) is 15.7. The molecule has 0 aliphatic carbocycles. The minimum atomic E-state index is -4.58. The molecular formula is C65H77N17O10S5. The molecule has 5 heterocycles. The normalized spacial score (nSPS) is 14.1. The molecule has 2 aliphatic rings. The maximum absolute atomic E-state index is 13.8. The fourth-order valence-electron chi connectivity index (χ4n) is 10.6. The van der Waals surface area contributed by atoms with E-state index >= 15 is 0 Å². The average molecular weight is 1420 g/mol. The van der Waals surface area contributed by atoms with E-state index in [2.05, 4.69) is 85.7 Å². The highest BCUT2D eigenvalue weighted by molar-refractivity contribution is 7.99. The zero-order valence-corrected chi connectivity index (χ0v) is 58.9. The van der Waals surface area contributed by atoms with Crippen LogP contribution in [0.1, 0.15) is 110 Å². The SMILES string of the molecule is CCCCSc1nc(Nc2cc(N(CC)CC)ccc2/N=N/c2nc(N3CCCCC3)c(/C=C(/C(C)=O)C(=O)Nc3cccc(S(=O)(=O)O)c3)s2)nc(Nc2cc(N(CC)CC)ccc2/N=N/c2nc(N3CCCCC3)c(/C=C(\C(C)=O)C(=O)Nc3cccc(S(=O)(=O)O)c3)s2)n1. The van der Waals surface area contributed by atoms with Gasteiger partial charge in [0.25, 0.3) is 32.1 Å². The standard InChI is InChI=1S/C65H77N17O10S5/c1-8-13-34-93-63-73-61(68-53-37-45(79(9-2)10-3)26-28-51(53)75-77-64-70-57(81-30-16-14-17-31-81)55(94-64)39-49(41(6)83)59(85)66-43-22-20-24-47(35-43)96(87,88)89)72-62(74-63)69-54-38-46(80(11-4)12-5)27-29-52(54)76-78-65-71-58(82-32-18-15-19-33-82)56(95-65)40-50(42(7)84)60(86)67-44-23-21-25-48(36-44)97(90,91)92/h20-29,35-40H,8-19,30-34H2,1-7H3,(H,66,85)(H,67,86)(H,87,88,89)(H,90,91,92)(H2,68,69,72,73,74)/b49-39-,50-40+,77-75+,78-76+. The summed E-state index contributed by atoms with van der Waals surface area (Å²) >= 11 is 3.74. The van der Waals surface area contributed by atoms with Gasteiger partial charge in [-0.15, -0.1) is 20.5 Å². The Hall–Kier alpha value is -8.92. The monoisotopic (exact) mass is 1420 g/mol. The fraction of sp³-hybridized carbons (Fsp3) is 0.369. The number of nitrogens with one attached hydrogen (secondary N) is 4. The lowest BCUT2D eigenvalue weighted by Crippen LogP contribution is -2.30. The number of thioether (sulfide) groups is 1. The van der Waals surface area contributed by atoms with E-state index in [0.29, 0.717) is 102 Å². The number of anilines is 10. The number of carbonyl (C=O) groups is 4. The van der Waals surface area contributed by atoms with Crippen molar-refractivity contribution in [2.24, 2.45) is 20.5 Å². The maximum Gasteiger partial charge on any atom is 0.294 e. The summed E-state index contributed by atoms with van der Waals surface area (Å²) in [5, 5.41) is 31.9. The van der Waals surface area contributed by atoms with Crippen molar-refractivity contribution in [1.29, 1.82) is 0 Å². The molecule has 0 saturated carbocycles. The topological polar surface area (TPSA) is 352 Å². The summed E-state index contributed by atoms with van der Waals surface area (Å²) in [6.45, 7) is 18.4. The van der Waals surface area contributed by atoms with Crippen molar-refractivity contribution >= 4 is 169 Å². The zero-order chi connectivity index (χ0) is 69.4. The Labute approximate surface area is 576 Å². The van der Waals surface area contributed by atoms with Gasteiger partial charge in [0.1, 0.15) is 23.0 Å². The summed E-state index contributed by atoms with van der Waals surface area (Å²) < 4.78 is 66.9. The van der Waals surface area contributed by atoms with Gasteiger partial charge in [0.05, 0.1) is 42.1 Å². The molecule has 0 bridgehead atoms. The average Bonchev–Trinajstić information content (AvgIpc) is 1.78. The molecule has 0 unspecified atom stereocenters. The summed E-state index contributed by atoms with van der Waals surface area (Å²) in [5.41, 5.74) is 3.22. The van der Waals surface area contributed by atoms with E-state index in [0.717, 1.165) is 103 Å². The van der Waals surface area contributed by atoms with Gasteiger partial charge in [0.2, 0.25) is 22.2 Å². The lowest BCUT2D eigenvalue weighted by molar-refractivity contribution is -0.120. The number of Topliss-reactive ketones (excluding diaryl/α,β-unsaturated/α-hetero) is 2. The molecule has 9 rings (SSSR count). The van der Waals surface area contributed by atoms with Gasteiger partial charge >= 0.3 is 0 Å². The second-order valence-corrected chi connectivity index (χ2v) is 28.4. The Morgan fingerprint density at radius 1 is 0.557 bits per heavy atom. The number of carbonyl (C=O) groups excluding carboxylic acids is 4. The predicted molar refractivity (Wildman–Crippen MR) is 384 cm³/mol. The number of unbranched alkanes of at least 4 members (excludes halogenated alkanes) is 1. The van der Waals surface area contributed by atoms with Gasteiger partial charge in [-0.25, -0.2) is 0 Å². The van der Waals surface area contributed by atoms with Gasteiger partial charge in [-0.2, -0.15) is 41.8 Å². The lowest BCUT2D eigenvalue weighted by Gasteiger charge is -2.27. The Kier molecular flexibility index (Phi) is 24.9. The van der Waals surface area contributed by atoms with E-state index < -0.39 is 53.4 Å². The second kappa shape index (κ2) is 33.4. The van der Waals surface area contributed by atoms with E-state index in [4.69, 9.17) is 35.1 Å². The highest BCUT2D eigenvalue weighted by Crippen LogP contribution is 2.41. The molecule has 0 radical (unpaired) electrons. The predicted octanol–water partition coefficient (Wildman–Crippen LogP) is 14.4. The van der Waals surface area contributed by atoms with Gasteiger partial charge in [0, 0.05) is 80.9 Å². The molecule has 0 atom stereocenters. The number of rotatable bonds is 30. The smallest absolute Gasteiger partial charge is 0.294 e. The number of hydrogen-bond acceptors (Lipinski definition) is 26. The molecule has 6 N–H and O–H groups in total. The Balaban J connectivity index is 1.07.